The average molecular weight is 198 g/mol. The highest BCUT2D eigenvalue weighted by atomic mass is 16.5. The van der Waals surface area contributed by atoms with E-state index < -0.39 is 0 Å². The molecule has 82 valence electrons. The summed E-state index contributed by atoms with van der Waals surface area (Å²) in [6, 6.07) is 0.775. The Labute approximate surface area is 86.8 Å². The van der Waals surface area contributed by atoms with Gasteiger partial charge in [0.05, 0.1) is 0 Å². The minimum absolute atomic E-state index is 0.775. The Bertz CT molecular complexity index is 165. The zero-order valence-corrected chi connectivity index (χ0v) is 9.17. The third-order valence-electron chi connectivity index (χ3n) is 3.57. The fourth-order valence-corrected chi connectivity index (χ4v) is 2.25. The van der Waals surface area contributed by atoms with E-state index in [0.29, 0.717) is 0 Å². The zero-order valence-electron chi connectivity index (χ0n) is 9.17. The molecule has 0 bridgehead atoms. The Hall–Kier alpha value is -0.120. The SMILES string of the molecule is CN(CCC1CNC1)C1CCOCC1. The van der Waals surface area contributed by atoms with Crippen molar-refractivity contribution in [1.29, 1.82) is 0 Å². The van der Waals surface area contributed by atoms with Gasteiger partial charge in [-0.05, 0) is 51.9 Å². The van der Waals surface area contributed by atoms with Crippen LogP contribution in [-0.2, 0) is 4.74 Å². The average Bonchev–Trinajstić information content (AvgIpc) is 2.16. The van der Waals surface area contributed by atoms with Crippen LogP contribution in [0, 0.1) is 5.92 Å². The number of rotatable bonds is 4. The van der Waals surface area contributed by atoms with Gasteiger partial charge in [-0.25, -0.2) is 0 Å². The molecule has 0 unspecified atom stereocenters. The fraction of sp³-hybridized carbons (Fsp3) is 1.00. The van der Waals surface area contributed by atoms with Crippen molar-refractivity contribution in [3.05, 3.63) is 0 Å². The number of nitrogens with zero attached hydrogens (tertiary/aromatic N) is 1. The van der Waals surface area contributed by atoms with Crippen LogP contribution in [0.15, 0.2) is 0 Å². The van der Waals surface area contributed by atoms with Gasteiger partial charge in [-0.2, -0.15) is 0 Å². The first kappa shape index (κ1) is 10.4. The van der Waals surface area contributed by atoms with Crippen LogP contribution >= 0.6 is 0 Å². The van der Waals surface area contributed by atoms with Gasteiger partial charge in [0.15, 0.2) is 0 Å². The van der Waals surface area contributed by atoms with Crippen LogP contribution in [0.3, 0.4) is 0 Å². The zero-order chi connectivity index (χ0) is 9.80. The molecule has 2 rings (SSSR count). The van der Waals surface area contributed by atoms with E-state index in [2.05, 4.69) is 17.3 Å². The van der Waals surface area contributed by atoms with E-state index in [1.807, 2.05) is 0 Å². The van der Waals surface area contributed by atoms with Crippen LogP contribution < -0.4 is 5.32 Å². The summed E-state index contributed by atoms with van der Waals surface area (Å²) in [5, 5.41) is 3.33. The quantitative estimate of drug-likeness (QED) is 0.720. The Kier molecular flexibility index (Phi) is 3.79. The van der Waals surface area contributed by atoms with E-state index >= 15 is 0 Å². The Morgan fingerprint density at radius 2 is 2.00 bits per heavy atom. The summed E-state index contributed by atoms with van der Waals surface area (Å²) in [6.07, 6.45) is 3.81. The Morgan fingerprint density at radius 3 is 2.57 bits per heavy atom. The molecule has 0 aliphatic carbocycles. The summed E-state index contributed by atoms with van der Waals surface area (Å²) >= 11 is 0. The summed E-state index contributed by atoms with van der Waals surface area (Å²) in [7, 11) is 2.27. The molecule has 3 nitrogen and oxygen atoms in total. The number of nitrogens with one attached hydrogen (secondary N) is 1. The molecule has 2 aliphatic rings. The molecule has 2 fully saturated rings. The van der Waals surface area contributed by atoms with Crippen LogP contribution in [0.5, 0.6) is 0 Å². The minimum Gasteiger partial charge on any atom is -0.381 e. The first-order chi connectivity index (χ1) is 6.86. The van der Waals surface area contributed by atoms with Gasteiger partial charge >= 0.3 is 0 Å². The van der Waals surface area contributed by atoms with Crippen molar-refractivity contribution in [2.75, 3.05) is 39.9 Å². The summed E-state index contributed by atoms with van der Waals surface area (Å²) < 4.78 is 5.37. The Balaban J connectivity index is 1.62. The molecule has 0 radical (unpaired) electrons. The van der Waals surface area contributed by atoms with E-state index in [4.69, 9.17) is 4.74 Å². The molecule has 0 spiro atoms. The van der Waals surface area contributed by atoms with E-state index in [1.54, 1.807) is 0 Å². The molecule has 2 saturated heterocycles. The van der Waals surface area contributed by atoms with Crippen molar-refractivity contribution in [3.63, 3.8) is 0 Å². The second-order valence-corrected chi connectivity index (χ2v) is 4.64. The van der Waals surface area contributed by atoms with Crippen molar-refractivity contribution < 1.29 is 4.74 Å². The first-order valence-corrected chi connectivity index (χ1v) is 5.85. The topological polar surface area (TPSA) is 24.5 Å². The molecule has 0 saturated carbocycles. The third-order valence-corrected chi connectivity index (χ3v) is 3.57. The maximum absolute atomic E-state index is 5.37. The predicted octanol–water partition coefficient (Wildman–Crippen LogP) is 0.707. The first-order valence-electron chi connectivity index (χ1n) is 5.85. The highest BCUT2D eigenvalue weighted by molar-refractivity contribution is 4.78. The molecule has 2 aliphatic heterocycles. The minimum atomic E-state index is 0.775. The van der Waals surface area contributed by atoms with Gasteiger partial charge in [-0.1, -0.05) is 0 Å². The van der Waals surface area contributed by atoms with Crippen molar-refractivity contribution in [2.24, 2.45) is 5.92 Å². The fourth-order valence-electron chi connectivity index (χ4n) is 2.25. The molecular weight excluding hydrogens is 176 g/mol. The molecule has 2 heterocycles. The highest BCUT2D eigenvalue weighted by Gasteiger charge is 2.21. The summed E-state index contributed by atoms with van der Waals surface area (Å²) in [4.78, 5) is 2.53. The van der Waals surface area contributed by atoms with Gasteiger partial charge in [0.2, 0.25) is 0 Å². The van der Waals surface area contributed by atoms with Crippen LogP contribution in [0.2, 0.25) is 0 Å². The lowest BCUT2D eigenvalue weighted by atomic mass is 9.98. The van der Waals surface area contributed by atoms with Gasteiger partial charge in [0, 0.05) is 19.3 Å². The lowest BCUT2D eigenvalue weighted by molar-refractivity contribution is 0.0406. The normalized spacial score (nSPS) is 25.3. The third kappa shape index (κ3) is 2.69. The molecular formula is C11H22N2O. The molecule has 3 heteroatoms. The smallest absolute Gasteiger partial charge is 0.0480 e. The van der Waals surface area contributed by atoms with E-state index in [0.717, 1.165) is 25.2 Å². The number of hydrogen-bond acceptors (Lipinski definition) is 3. The van der Waals surface area contributed by atoms with Crippen molar-refractivity contribution in [2.45, 2.75) is 25.3 Å². The van der Waals surface area contributed by atoms with Gasteiger partial charge in [-0.3, -0.25) is 0 Å². The van der Waals surface area contributed by atoms with Crippen LogP contribution in [0.1, 0.15) is 19.3 Å². The van der Waals surface area contributed by atoms with Crippen molar-refractivity contribution in [3.8, 4) is 0 Å². The van der Waals surface area contributed by atoms with E-state index in [1.165, 1.54) is 38.9 Å². The highest BCUT2D eigenvalue weighted by Crippen LogP contribution is 2.15. The second kappa shape index (κ2) is 5.10. The van der Waals surface area contributed by atoms with Crippen LogP contribution in [0.4, 0.5) is 0 Å². The monoisotopic (exact) mass is 198 g/mol. The lowest BCUT2D eigenvalue weighted by Gasteiger charge is -2.34. The summed E-state index contributed by atoms with van der Waals surface area (Å²) in [5.41, 5.74) is 0. The molecule has 0 amide bonds. The number of ether oxygens (including phenoxy) is 1. The number of hydrogen-bond donors (Lipinski definition) is 1. The Morgan fingerprint density at radius 1 is 1.29 bits per heavy atom. The molecule has 0 aromatic heterocycles. The maximum atomic E-state index is 5.37. The van der Waals surface area contributed by atoms with Crippen molar-refractivity contribution >= 4 is 0 Å². The van der Waals surface area contributed by atoms with Gasteiger partial charge < -0.3 is 15.0 Å². The molecule has 1 N–H and O–H groups in total. The standard InChI is InChI=1S/C11H22N2O/c1-13(5-2-10-8-12-9-10)11-3-6-14-7-4-11/h10-12H,2-9H2,1H3. The van der Waals surface area contributed by atoms with Gasteiger partial charge in [-0.15, -0.1) is 0 Å². The maximum Gasteiger partial charge on any atom is 0.0480 e. The largest absolute Gasteiger partial charge is 0.381 e. The molecule has 0 aromatic rings. The van der Waals surface area contributed by atoms with Gasteiger partial charge in [0.25, 0.3) is 0 Å². The van der Waals surface area contributed by atoms with Gasteiger partial charge in [0.1, 0.15) is 0 Å². The van der Waals surface area contributed by atoms with E-state index in [-0.39, 0.29) is 0 Å². The molecule has 0 aromatic carbocycles. The van der Waals surface area contributed by atoms with Crippen molar-refractivity contribution in [1.82, 2.24) is 10.2 Å². The van der Waals surface area contributed by atoms with Crippen LogP contribution in [0.25, 0.3) is 0 Å². The predicted molar refractivity (Wildman–Crippen MR) is 57.4 cm³/mol. The summed E-state index contributed by atoms with van der Waals surface area (Å²) in [6.45, 7) is 5.65. The second-order valence-electron chi connectivity index (χ2n) is 4.64. The summed E-state index contributed by atoms with van der Waals surface area (Å²) in [5.74, 6) is 0.942. The van der Waals surface area contributed by atoms with E-state index in [9.17, 15) is 0 Å². The molecule has 14 heavy (non-hydrogen) atoms. The van der Waals surface area contributed by atoms with Crippen LogP contribution in [-0.4, -0.2) is 50.8 Å². The lowest BCUT2D eigenvalue weighted by Crippen LogP contribution is -2.45. The molecule has 0 atom stereocenters.